The molecule has 13 atom stereocenters. The molecule has 0 amide bonds. The lowest BCUT2D eigenvalue weighted by Crippen LogP contribution is -2.69. The van der Waals surface area contributed by atoms with Crippen molar-refractivity contribution in [3.8, 4) is 0 Å². The zero-order valence-electron chi connectivity index (χ0n) is 27.1. The standard InChI is InChI=1S/C35H56O8/c1-30(2)12-14-35(29(40)41)15-13-33(5)20(21(35)17-30)7-8-25-31(3)18-23(38)27(43-28-26(39)22(37)10-16-42-28)32(4,19-36)24(31)9-11-34(25,33)6/h7,21-28,36-39H,8-19H2,1-6H3,(H,40,41). The second kappa shape index (κ2) is 10.2. The van der Waals surface area contributed by atoms with Crippen LogP contribution in [0.5, 0.6) is 0 Å². The van der Waals surface area contributed by atoms with Crippen molar-refractivity contribution in [1.82, 2.24) is 0 Å². The first-order valence-corrected chi connectivity index (χ1v) is 16.9. The molecular formula is C35H56O8. The molecule has 0 aromatic heterocycles. The molecule has 5 aliphatic carbocycles. The Morgan fingerprint density at radius 1 is 0.930 bits per heavy atom. The summed E-state index contributed by atoms with van der Waals surface area (Å²) in [5, 5.41) is 54.2. The molecule has 1 aliphatic heterocycles. The Morgan fingerprint density at radius 2 is 1.63 bits per heavy atom. The van der Waals surface area contributed by atoms with Crippen LogP contribution in [0, 0.1) is 50.2 Å². The summed E-state index contributed by atoms with van der Waals surface area (Å²) in [4.78, 5) is 12.9. The Morgan fingerprint density at radius 3 is 2.30 bits per heavy atom. The number of allylic oxidation sites excluding steroid dienone is 2. The van der Waals surface area contributed by atoms with Crippen molar-refractivity contribution < 1.29 is 39.8 Å². The van der Waals surface area contributed by atoms with Crippen LogP contribution >= 0.6 is 0 Å². The summed E-state index contributed by atoms with van der Waals surface area (Å²) in [7, 11) is 0. The molecule has 5 N–H and O–H groups in total. The molecule has 0 aromatic rings. The number of rotatable bonds is 4. The molecule has 1 saturated heterocycles. The summed E-state index contributed by atoms with van der Waals surface area (Å²) in [5.74, 6) is -0.263. The van der Waals surface area contributed by atoms with Crippen molar-refractivity contribution in [3.05, 3.63) is 11.6 Å². The number of aliphatic hydroxyl groups is 4. The number of carboxylic acid groups (broad SMARTS) is 1. The number of hydrogen-bond donors (Lipinski definition) is 5. The molecule has 244 valence electrons. The Balaban J connectivity index is 1.36. The normalized spacial score (nSPS) is 54.3. The van der Waals surface area contributed by atoms with Crippen LogP contribution < -0.4 is 0 Å². The minimum absolute atomic E-state index is 0.0468. The largest absolute Gasteiger partial charge is 0.481 e. The number of carbonyl (C=O) groups is 1. The maximum Gasteiger partial charge on any atom is 0.310 e. The highest BCUT2D eigenvalue weighted by Crippen LogP contribution is 2.76. The maximum absolute atomic E-state index is 12.9. The smallest absolute Gasteiger partial charge is 0.310 e. The van der Waals surface area contributed by atoms with Crippen LogP contribution in [0.25, 0.3) is 0 Å². The summed E-state index contributed by atoms with van der Waals surface area (Å²) < 4.78 is 12.0. The number of aliphatic hydroxyl groups excluding tert-OH is 4. The third-order valence-electron chi connectivity index (χ3n) is 14.8. The van der Waals surface area contributed by atoms with Gasteiger partial charge in [-0.2, -0.15) is 0 Å². The number of ether oxygens (including phenoxy) is 2. The lowest BCUT2D eigenvalue weighted by atomic mass is 9.33. The van der Waals surface area contributed by atoms with Gasteiger partial charge in [0, 0.05) is 5.41 Å². The van der Waals surface area contributed by atoms with E-state index in [4.69, 9.17) is 9.47 Å². The fourth-order valence-corrected chi connectivity index (χ4v) is 12.0. The van der Waals surface area contributed by atoms with Crippen molar-refractivity contribution in [3.63, 3.8) is 0 Å². The van der Waals surface area contributed by atoms with Crippen molar-refractivity contribution in [2.45, 2.75) is 136 Å². The van der Waals surface area contributed by atoms with Crippen molar-refractivity contribution in [2.24, 2.45) is 50.2 Å². The van der Waals surface area contributed by atoms with Crippen molar-refractivity contribution >= 4 is 5.97 Å². The molecule has 5 fully saturated rings. The highest BCUT2D eigenvalue weighted by Gasteiger charge is 2.71. The van der Waals surface area contributed by atoms with E-state index in [0.717, 1.165) is 44.9 Å². The van der Waals surface area contributed by atoms with Gasteiger partial charge in [0.15, 0.2) is 6.29 Å². The van der Waals surface area contributed by atoms with Crippen molar-refractivity contribution in [1.29, 1.82) is 0 Å². The molecule has 0 spiro atoms. The van der Waals surface area contributed by atoms with Gasteiger partial charge in [-0.15, -0.1) is 0 Å². The molecule has 0 radical (unpaired) electrons. The third kappa shape index (κ3) is 4.32. The SMILES string of the molecule is CC1(C)CCC2(C(=O)O)CCC3(C)C(=CCC4C5(C)CC(O)C(OC6OCCC(O)C6O)C(C)(CO)C5CCC43C)C2C1. The van der Waals surface area contributed by atoms with Crippen LogP contribution in [0.1, 0.15) is 106 Å². The Labute approximate surface area is 257 Å². The van der Waals surface area contributed by atoms with Crippen LogP contribution in [0.4, 0.5) is 0 Å². The molecule has 8 nitrogen and oxygen atoms in total. The highest BCUT2D eigenvalue weighted by molar-refractivity contribution is 5.76. The number of hydrogen-bond acceptors (Lipinski definition) is 7. The van der Waals surface area contributed by atoms with Crippen LogP contribution in [-0.2, 0) is 14.3 Å². The summed E-state index contributed by atoms with van der Waals surface area (Å²) in [6.07, 6.45) is 5.27. The summed E-state index contributed by atoms with van der Waals surface area (Å²) in [6, 6.07) is 0. The Hall–Kier alpha value is -1.03. The van der Waals surface area contributed by atoms with Gasteiger partial charge in [-0.25, -0.2) is 0 Å². The summed E-state index contributed by atoms with van der Waals surface area (Å²) >= 11 is 0. The predicted molar refractivity (Wildman–Crippen MR) is 161 cm³/mol. The van der Waals surface area contributed by atoms with Gasteiger partial charge in [-0.1, -0.05) is 53.2 Å². The fraction of sp³-hybridized carbons (Fsp3) is 0.914. The monoisotopic (exact) mass is 604 g/mol. The van der Waals surface area contributed by atoms with Gasteiger partial charge in [0.2, 0.25) is 0 Å². The van der Waals surface area contributed by atoms with Gasteiger partial charge in [0.1, 0.15) is 6.10 Å². The second-order valence-corrected chi connectivity index (χ2v) is 17.3. The molecule has 6 rings (SSSR count). The van der Waals surface area contributed by atoms with Crippen LogP contribution in [0.2, 0.25) is 0 Å². The lowest BCUT2D eigenvalue weighted by molar-refractivity contribution is -0.317. The average molecular weight is 605 g/mol. The van der Waals surface area contributed by atoms with E-state index in [1.165, 1.54) is 5.57 Å². The van der Waals surface area contributed by atoms with Crippen molar-refractivity contribution in [2.75, 3.05) is 13.2 Å². The molecule has 0 bridgehead atoms. The van der Waals surface area contributed by atoms with E-state index < -0.39 is 47.5 Å². The molecule has 43 heavy (non-hydrogen) atoms. The molecule has 13 unspecified atom stereocenters. The summed E-state index contributed by atoms with van der Waals surface area (Å²) in [6.45, 7) is 13.8. The quantitative estimate of drug-likeness (QED) is 0.231. The Bertz CT molecular complexity index is 1150. The van der Waals surface area contributed by atoms with Gasteiger partial charge in [-0.3, -0.25) is 4.79 Å². The second-order valence-electron chi connectivity index (χ2n) is 17.3. The lowest BCUT2D eigenvalue weighted by Gasteiger charge is -2.71. The predicted octanol–water partition coefficient (Wildman–Crippen LogP) is 4.67. The maximum atomic E-state index is 12.9. The molecule has 8 heteroatoms. The zero-order valence-corrected chi connectivity index (χ0v) is 27.1. The topological polar surface area (TPSA) is 137 Å². The number of fused-ring (bicyclic) bond motifs is 7. The van der Waals surface area contributed by atoms with Crippen LogP contribution in [0.15, 0.2) is 11.6 Å². The minimum atomic E-state index is -1.21. The molecule has 6 aliphatic rings. The molecular weight excluding hydrogens is 548 g/mol. The molecule has 4 saturated carbocycles. The third-order valence-corrected chi connectivity index (χ3v) is 14.8. The first kappa shape index (κ1) is 31.9. The van der Waals surface area contributed by atoms with E-state index in [1.54, 1.807) is 0 Å². The van der Waals surface area contributed by atoms with Gasteiger partial charge < -0.3 is 35.0 Å². The van der Waals surface area contributed by atoms with Crippen LogP contribution in [-0.4, -0.2) is 75.4 Å². The highest BCUT2D eigenvalue weighted by atomic mass is 16.7. The van der Waals surface area contributed by atoms with Gasteiger partial charge in [-0.05, 0) is 104 Å². The fourth-order valence-electron chi connectivity index (χ4n) is 12.0. The number of carboxylic acids is 1. The Kier molecular flexibility index (Phi) is 7.60. The minimum Gasteiger partial charge on any atom is -0.481 e. The van der Waals surface area contributed by atoms with E-state index in [0.29, 0.717) is 19.3 Å². The average Bonchev–Trinajstić information content (AvgIpc) is 2.93. The molecule has 1 heterocycles. The van der Waals surface area contributed by atoms with E-state index in [-0.39, 0.29) is 52.6 Å². The molecule has 0 aromatic carbocycles. The first-order valence-electron chi connectivity index (χ1n) is 16.9. The van der Waals surface area contributed by atoms with Gasteiger partial charge >= 0.3 is 5.97 Å². The van der Waals surface area contributed by atoms with E-state index in [2.05, 4.69) is 40.7 Å². The van der Waals surface area contributed by atoms with Gasteiger partial charge in [0.25, 0.3) is 0 Å². The zero-order chi connectivity index (χ0) is 31.4. The van der Waals surface area contributed by atoms with E-state index in [1.807, 2.05) is 6.92 Å². The summed E-state index contributed by atoms with van der Waals surface area (Å²) in [5.41, 5.74) is -0.460. The van der Waals surface area contributed by atoms with E-state index in [9.17, 15) is 30.3 Å². The van der Waals surface area contributed by atoms with Crippen LogP contribution in [0.3, 0.4) is 0 Å². The van der Waals surface area contributed by atoms with Gasteiger partial charge in [0.05, 0.1) is 36.9 Å². The first-order chi connectivity index (χ1) is 20.0. The number of aliphatic carboxylic acids is 1. The van der Waals surface area contributed by atoms with E-state index >= 15 is 0 Å².